The number of ether oxygens (including phenoxy) is 1. The topological polar surface area (TPSA) is 50.4 Å². The molecule has 1 fully saturated rings. The standard InChI is InChI=1S/C15H21ClN2O2/c1-2-8-20-14-6-5-12(9-13(14)16)18-15(19)11-4-3-7-17-10-11/h5-6,9,11,17H,2-4,7-8,10H2,1H3,(H,18,19)/t11-/m1/s1. The van der Waals surface area contributed by atoms with Crippen LogP contribution < -0.4 is 15.4 Å². The zero-order valence-corrected chi connectivity index (χ0v) is 12.5. The van der Waals surface area contributed by atoms with Crippen LogP contribution >= 0.6 is 11.6 Å². The molecule has 0 aromatic heterocycles. The third-order valence-electron chi connectivity index (χ3n) is 3.33. The number of anilines is 1. The largest absolute Gasteiger partial charge is 0.492 e. The lowest BCUT2D eigenvalue weighted by Gasteiger charge is -2.22. The smallest absolute Gasteiger partial charge is 0.228 e. The number of halogens is 1. The molecule has 1 aromatic rings. The maximum atomic E-state index is 12.1. The molecule has 20 heavy (non-hydrogen) atoms. The highest BCUT2D eigenvalue weighted by atomic mass is 35.5. The molecular weight excluding hydrogens is 276 g/mol. The molecule has 0 aliphatic carbocycles. The molecule has 1 atom stereocenters. The number of rotatable bonds is 5. The lowest BCUT2D eigenvalue weighted by atomic mass is 9.99. The molecule has 1 amide bonds. The summed E-state index contributed by atoms with van der Waals surface area (Å²) in [5, 5.41) is 6.68. The number of piperidine rings is 1. The molecule has 1 saturated heterocycles. The summed E-state index contributed by atoms with van der Waals surface area (Å²) in [5.41, 5.74) is 0.717. The first-order valence-electron chi connectivity index (χ1n) is 7.14. The molecule has 1 aliphatic rings. The number of benzene rings is 1. The van der Waals surface area contributed by atoms with Gasteiger partial charge in [0.15, 0.2) is 0 Å². The van der Waals surface area contributed by atoms with Crippen molar-refractivity contribution in [2.45, 2.75) is 26.2 Å². The van der Waals surface area contributed by atoms with Gasteiger partial charge in [-0.1, -0.05) is 18.5 Å². The van der Waals surface area contributed by atoms with Gasteiger partial charge in [0, 0.05) is 12.2 Å². The molecule has 4 nitrogen and oxygen atoms in total. The number of carbonyl (C=O) groups is 1. The minimum atomic E-state index is 0.0403. The van der Waals surface area contributed by atoms with Gasteiger partial charge in [0.05, 0.1) is 17.5 Å². The second kappa shape index (κ2) is 7.50. The van der Waals surface area contributed by atoms with Gasteiger partial charge in [0.25, 0.3) is 0 Å². The quantitative estimate of drug-likeness (QED) is 0.878. The number of carbonyl (C=O) groups excluding carboxylic acids is 1. The number of hydrogen-bond acceptors (Lipinski definition) is 3. The van der Waals surface area contributed by atoms with Crippen molar-refractivity contribution in [1.29, 1.82) is 0 Å². The molecule has 0 spiro atoms. The highest BCUT2D eigenvalue weighted by molar-refractivity contribution is 6.32. The van der Waals surface area contributed by atoms with E-state index in [4.69, 9.17) is 16.3 Å². The molecule has 5 heteroatoms. The van der Waals surface area contributed by atoms with Crippen LogP contribution in [0, 0.1) is 5.92 Å². The number of nitrogens with one attached hydrogen (secondary N) is 2. The van der Waals surface area contributed by atoms with E-state index in [0.29, 0.717) is 17.4 Å². The molecule has 1 aliphatic heterocycles. The SMILES string of the molecule is CCCOc1ccc(NC(=O)[C@@H]2CCCNC2)cc1Cl. The van der Waals surface area contributed by atoms with E-state index in [0.717, 1.165) is 38.0 Å². The van der Waals surface area contributed by atoms with Gasteiger partial charge in [-0.2, -0.15) is 0 Å². The van der Waals surface area contributed by atoms with Crippen LogP contribution in [-0.4, -0.2) is 25.6 Å². The first kappa shape index (κ1) is 15.1. The van der Waals surface area contributed by atoms with Crippen LogP contribution in [0.15, 0.2) is 18.2 Å². The Balaban J connectivity index is 1.95. The lowest BCUT2D eigenvalue weighted by Crippen LogP contribution is -2.37. The Morgan fingerprint density at radius 3 is 3.05 bits per heavy atom. The Morgan fingerprint density at radius 2 is 2.40 bits per heavy atom. The molecule has 1 aromatic carbocycles. The maximum Gasteiger partial charge on any atom is 0.228 e. The summed E-state index contributed by atoms with van der Waals surface area (Å²) in [4.78, 5) is 12.1. The second-order valence-electron chi connectivity index (χ2n) is 5.03. The van der Waals surface area contributed by atoms with Crippen molar-refractivity contribution in [2.75, 3.05) is 25.0 Å². The Kier molecular flexibility index (Phi) is 5.68. The van der Waals surface area contributed by atoms with Crippen LogP contribution in [0.5, 0.6) is 5.75 Å². The van der Waals surface area contributed by atoms with E-state index in [2.05, 4.69) is 10.6 Å². The van der Waals surface area contributed by atoms with Gasteiger partial charge in [0.1, 0.15) is 5.75 Å². The van der Waals surface area contributed by atoms with Crippen molar-refractivity contribution < 1.29 is 9.53 Å². The molecule has 110 valence electrons. The maximum absolute atomic E-state index is 12.1. The highest BCUT2D eigenvalue weighted by Gasteiger charge is 2.21. The van der Waals surface area contributed by atoms with E-state index in [1.807, 2.05) is 13.0 Å². The summed E-state index contributed by atoms with van der Waals surface area (Å²) in [6, 6.07) is 5.36. The summed E-state index contributed by atoms with van der Waals surface area (Å²) < 4.78 is 5.51. The van der Waals surface area contributed by atoms with Crippen LogP contribution in [0.25, 0.3) is 0 Å². The average molecular weight is 297 g/mol. The number of hydrogen-bond donors (Lipinski definition) is 2. The summed E-state index contributed by atoms with van der Waals surface area (Å²) in [5.74, 6) is 0.750. The summed E-state index contributed by atoms with van der Waals surface area (Å²) in [7, 11) is 0. The summed E-state index contributed by atoms with van der Waals surface area (Å²) in [6.45, 7) is 4.43. The van der Waals surface area contributed by atoms with Crippen LogP contribution in [-0.2, 0) is 4.79 Å². The van der Waals surface area contributed by atoms with Crippen molar-refractivity contribution in [3.05, 3.63) is 23.2 Å². The van der Waals surface area contributed by atoms with Crippen molar-refractivity contribution in [2.24, 2.45) is 5.92 Å². The Labute approximate surface area is 124 Å². The molecule has 2 N–H and O–H groups in total. The van der Waals surface area contributed by atoms with Crippen LogP contribution in [0.4, 0.5) is 5.69 Å². The molecule has 1 heterocycles. The van der Waals surface area contributed by atoms with E-state index in [1.54, 1.807) is 12.1 Å². The van der Waals surface area contributed by atoms with Gasteiger partial charge in [-0.05, 0) is 44.0 Å². The fraction of sp³-hybridized carbons (Fsp3) is 0.533. The fourth-order valence-electron chi connectivity index (χ4n) is 2.23. The van der Waals surface area contributed by atoms with Crippen molar-refractivity contribution in [3.63, 3.8) is 0 Å². The molecule has 0 unspecified atom stereocenters. The Hall–Kier alpha value is -1.26. The minimum absolute atomic E-state index is 0.0403. The molecule has 0 bridgehead atoms. The molecular formula is C15H21ClN2O2. The monoisotopic (exact) mass is 296 g/mol. The zero-order chi connectivity index (χ0) is 14.4. The van der Waals surface area contributed by atoms with Gasteiger partial charge < -0.3 is 15.4 Å². The van der Waals surface area contributed by atoms with Crippen LogP contribution in [0.2, 0.25) is 5.02 Å². The van der Waals surface area contributed by atoms with Crippen LogP contribution in [0.3, 0.4) is 0 Å². The highest BCUT2D eigenvalue weighted by Crippen LogP contribution is 2.28. The minimum Gasteiger partial charge on any atom is -0.492 e. The van der Waals surface area contributed by atoms with Gasteiger partial charge in [-0.25, -0.2) is 0 Å². The van der Waals surface area contributed by atoms with Crippen molar-refractivity contribution >= 4 is 23.2 Å². The summed E-state index contributed by atoms with van der Waals surface area (Å²) in [6.07, 6.45) is 2.91. The van der Waals surface area contributed by atoms with Crippen LogP contribution in [0.1, 0.15) is 26.2 Å². The third-order valence-corrected chi connectivity index (χ3v) is 3.62. The second-order valence-corrected chi connectivity index (χ2v) is 5.43. The van der Waals surface area contributed by atoms with Crippen molar-refractivity contribution in [3.8, 4) is 5.75 Å². The average Bonchev–Trinajstić information content (AvgIpc) is 2.47. The third kappa shape index (κ3) is 4.12. The first-order valence-corrected chi connectivity index (χ1v) is 7.52. The van der Waals surface area contributed by atoms with E-state index in [1.165, 1.54) is 0 Å². The molecule has 2 rings (SSSR count). The Morgan fingerprint density at radius 1 is 1.55 bits per heavy atom. The van der Waals surface area contributed by atoms with Gasteiger partial charge in [0.2, 0.25) is 5.91 Å². The van der Waals surface area contributed by atoms with Gasteiger partial charge in [-0.15, -0.1) is 0 Å². The first-order chi connectivity index (χ1) is 9.70. The van der Waals surface area contributed by atoms with E-state index in [-0.39, 0.29) is 11.8 Å². The predicted molar refractivity (Wildman–Crippen MR) is 81.5 cm³/mol. The lowest BCUT2D eigenvalue weighted by molar-refractivity contribution is -0.120. The molecule has 0 radical (unpaired) electrons. The fourth-order valence-corrected chi connectivity index (χ4v) is 2.46. The normalized spacial score (nSPS) is 18.6. The number of amides is 1. The van der Waals surface area contributed by atoms with E-state index < -0.39 is 0 Å². The zero-order valence-electron chi connectivity index (χ0n) is 11.7. The summed E-state index contributed by atoms with van der Waals surface area (Å²) >= 11 is 6.15. The van der Waals surface area contributed by atoms with Crippen molar-refractivity contribution in [1.82, 2.24) is 5.32 Å². The predicted octanol–water partition coefficient (Wildman–Crippen LogP) is 3.07. The Bertz CT molecular complexity index is 459. The van der Waals surface area contributed by atoms with E-state index in [9.17, 15) is 4.79 Å². The molecule has 0 saturated carbocycles. The van der Waals surface area contributed by atoms with Gasteiger partial charge in [-0.3, -0.25) is 4.79 Å². The van der Waals surface area contributed by atoms with Gasteiger partial charge >= 0.3 is 0 Å². The van der Waals surface area contributed by atoms with E-state index >= 15 is 0 Å².